The van der Waals surface area contributed by atoms with Gasteiger partial charge in [-0.15, -0.1) is 0 Å². The van der Waals surface area contributed by atoms with Gasteiger partial charge in [-0.2, -0.15) is 0 Å². The molecule has 0 bridgehead atoms. The molecular formula is C11H13ClN2O3S. The normalized spacial score (nSPS) is 21.8. The fourth-order valence-corrected chi connectivity index (χ4v) is 3.88. The van der Waals surface area contributed by atoms with Crippen LogP contribution in [-0.2, 0) is 9.84 Å². The highest BCUT2D eigenvalue weighted by molar-refractivity contribution is 7.91. The highest BCUT2D eigenvalue weighted by Crippen LogP contribution is 2.18. The fourth-order valence-electron chi connectivity index (χ4n) is 1.95. The Morgan fingerprint density at radius 2 is 2.28 bits per heavy atom. The van der Waals surface area contributed by atoms with Gasteiger partial charge in [0.15, 0.2) is 9.84 Å². The Hall–Kier alpha value is -1.14. The summed E-state index contributed by atoms with van der Waals surface area (Å²) in [7, 11) is -1.41. The van der Waals surface area contributed by atoms with Gasteiger partial charge in [0.25, 0.3) is 5.91 Å². The lowest BCUT2D eigenvalue weighted by Gasteiger charge is -2.22. The minimum atomic E-state index is -3.00. The van der Waals surface area contributed by atoms with Crippen LogP contribution in [-0.4, -0.2) is 48.8 Å². The first kappa shape index (κ1) is 13.3. The van der Waals surface area contributed by atoms with Crippen LogP contribution in [0.5, 0.6) is 0 Å². The second kappa shape index (κ2) is 4.85. The van der Waals surface area contributed by atoms with Crippen molar-refractivity contribution in [1.82, 2.24) is 9.88 Å². The molecule has 1 saturated heterocycles. The molecule has 18 heavy (non-hydrogen) atoms. The third kappa shape index (κ3) is 2.81. The van der Waals surface area contributed by atoms with Crippen LogP contribution >= 0.6 is 11.6 Å². The molecule has 0 N–H and O–H groups in total. The molecule has 0 aromatic carbocycles. The molecule has 7 heteroatoms. The molecule has 1 atom stereocenters. The first-order valence-electron chi connectivity index (χ1n) is 5.48. The molecule has 0 aliphatic carbocycles. The van der Waals surface area contributed by atoms with Crippen LogP contribution < -0.4 is 0 Å². The standard InChI is InChI=1S/C11H13ClN2O3S/c1-14(9-3-5-18(16,17)7-9)11(15)10-6-8(12)2-4-13-10/h2,4,6,9H,3,5,7H2,1H3. The van der Waals surface area contributed by atoms with Crippen molar-refractivity contribution < 1.29 is 13.2 Å². The summed E-state index contributed by atoms with van der Waals surface area (Å²) in [6, 6.07) is 2.78. The average molecular weight is 289 g/mol. The molecule has 0 radical (unpaired) electrons. The molecule has 1 unspecified atom stereocenters. The summed E-state index contributed by atoms with van der Waals surface area (Å²) in [5, 5.41) is 0.431. The van der Waals surface area contributed by atoms with E-state index in [1.165, 1.54) is 17.2 Å². The minimum Gasteiger partial charge on any atom is -0.336 e. The summed E-state index contributed by atoms with van der Waals surface area (Å²) in [5.41, 5.74) is 0.231. The molecule has 2 heterocycles. The van der Waals surface area contributed by atoms with Gasteiger partial charge in [0, 0.05) is 24.3 Å². The summed E-state index contributed by atoms with van der Waals surface area (Å²) >= 11 is 5.79. The third-order valence-electron chi connectivity index (χ3n) is 3.02. The Kier molecular flexibility index (Phi) is 3.59. The molecule has 5 nitrogen and oxygen atoms in total. The van der Waals surface area contributed by atoms with E-state index >= 15 is 0 Å². The Morgan fingerprint density at radius 3 is 2.83 bits per heavy atom. The third-order valence-corrected chi connectivity index (χ3v) is 5.00. The quantitative estimate of drug-likeness (QED) is 0.814. The summed E-state index contributed by atoms with van der Waals surface area (Å²) in [5.74, 6) is -0.145. The van der Waals surface area contributed by atoms with E-state index in [2.05, 4.69) is 4.98 Å². The van der Waals surface area contributed by atoms with E-state index in [9.17, 15) is 13.2 Å². The van der Waals surface area contributed by atoms with Gasteiger partial charge in [0.2, 0.25) is 0 Å². The topological polar surface area (TPSA) is 67.3 Å². The number of sulfone groups is 1. The maximum atomic E-state index is 12.1. The first-order chi connectivity index (χ1) is 8.39. The number of pyridine rings is 1. The molecule has 1 aromatic heterocycles. The van der Waals surface area contributed by atoms with Crippen molar-refractivity contribution in [2.24, 2.45) is 0 Å². The van der Waals surface area contributed by atoms with Crippen LogP contribution in [0.1, 0.15) is 16.9 Å². The van der Waals surface area contributed by atoms with Crippen LogP contribution in [0.2, 0.25) is 5.02 Å². The van der Waals surface area contributed by atoms with E-state index in [0.29, 0.717) is 11.4 Å². The molecule has 0 saturated carbocycles. The lowest BCUT2D eigenvalue weighted by atomic mass is 10.2. The average Bonchev–Trinajstić information content (AvgIpc) is 2.68. The van der Waals surface area contributed by atoms with Gasteiger partial charge in [0.05, 0.1) is 11.5 Å². The Bertz CT molecular complexity index is 573. The van der Waals surface area contributed by atoms with Gasteiger partial charge < -0.3 is 4.90 Å². The Balaban J connectivity index is 2.15. The summed E-state index contributed by atoms with van der Waals surface area (Å²) in [6.07, 6.45) is 1.93. The summed E-state index contributed by atoms with van der Waals surface area (Å²) < 4.78 is 22.8. The number of halogens is 1. The SMILES string of the molecule is CN(C(=O)c1cc(Cl)ccn1)C1CCS(=O)(=O)C1. The lowest BCUT2D eigenvalue weighted by molar-refractivity contribution is 0.0742. The number of amides is 1. The van der Waals surface area contributed by atoms with Crippen LogP contribution in [0, 0.1) is 0 Å². The smallest absolute Gasteiger partial charge is 0.272 e. The monoisotopic (exact) mass is 288 g/mol. The second-order valence-electron chi connectivity index (χ2n) is 4.33. The van der Waals surface area contributed by atoms with Crippen LogP contribution in [0.15, 0.2) is 18.3 Å². The van der Waals surface area contributed by atoms with E-state index < -0.39 is 9.84 Å². The van der Waals surface area contributed by atoms with Gasteiger partial charge in [0.1, 0.15) is 5.69 Å². The highest BCUT2D eigenvalue weighted by atomic mass is 35.5. The lowest BCUT2D eigenvalue weighted by Crippen LogP contribution is -2.38. The number of hydrogen-bond acceptors (Lipinski definition) is 4. The molecular weight excluding hydrogens is 276 g/mol. The van der Waals surface area contributed by atoms with Crippen LogP contribution in [0.4, 0.5) is 0 Å². The maximum Gasteiger partial charge on any atom is 0.272 e. The molecule has 1 amide bonds. The van der Waals surface area contributed by atoms with Crippen molar-refractivity contribution in [3.63, 3.8) is 0 Å². The predicted octanol–water partition coefficient (Wildman–Crippen LogP) is 0.994. The van der Waals surface area contributed by atoms with Crippen molar-refractivity contribution in [3.05, 3.63) is 29.0 Å². The number of aromatic nitrogens is 1. The second-order valence-corrected chi connectivity index (χ2v) is 7.00. The number of hydrogen-bond donors (Lipinski definition) is 0. The molecule has 98 valence electrons. The van der Waals surface area contributed by atoms with E-state index in [-0.39, 0.29) is 29.1 Å². The molecule has 1 aromatic rings. The number of nitrogens with zero attached hydrogens (tertiary/aromatic N) is 2. The molecule has 0 spiro atoms. The van der Waals surface area contributed by atoms with E-state index in [0.717, 1.165) is 0 Å². The Morgan fingerprint density at radius 1 is 1.56 bits per heavy atom. The van der Waals surface area contributed by atoms with Crippen LogP contribution in [0.3, 0.4) is 0 Å². The maximum absolute atomic E-state index is 12.1. The van der Waals surface area contributed by atoms with Crippen molar-refractivity contribution >= 4 is 27.3 Å². The minimum absolute atomic E-state index is 0.0236. The van der Waals surface area contributed by atoms with Gasteiger partial charge in [-0.3, -0.25) is 9.78 Å². The largest absolute Gasteiger partial charge is 0.336 e. The first-order valence-corrected chi connectivity index (χ1v) is 7.68. The van der Waals surface area contributed by atoms with E-state index in [1.54, 1.807) is 13.1 Å². The number of rotatable bonds is 2. The van der Waals surface area contributed by atoms with Gasteiger partial charge in [-0.25, -0.2) is 8.42 Å². The van der Waals surface area contributed by atoms with E-state index in [1.807, 2.05) is 0 Å². The molecule has 2 rings (SSSR count). The Labute approximate surface area is 111 Å². The van der Waals surface area contributed by atoms with Crippen LogP contribution in [0.25, 0.3) is 0 Å². The molecule has 1 aliphatic heterocycles. The van der Waals surface area contributed by atoms with Gasteiger partial charge in [-0.1, -0.05) is 11.6 Å². The predicted molar refractivity (Wildman–Crippen MR) is 68.4 cm³/mol. The van der Waals surface area contributed by atoms with Gasteiger partial charge in [-0.05, 0) is 18.6 Å². The summed E-state index contributed by atoms with van der Waals surface area (Å²) in [6.45, 7) is 0. The zero-order valence-corrected chi connectivity index (χ0v) is 11.4. The van der Waals surface area contributed by atoms with Crippen molar-refractivity contribution in [1.29, 1.82) is 0 Å². The summed E-state index contributed by atoms with van der Waals surface area (Å²) in [4.78, 5) is 17.5. The fraction of sp³-hybridized carbons (Fsp3) is 0.455. The van der Waals surface area contributed by atoms with Crippen molar-refractivity contribution in [3.8, 4) is 0 Å². The van der Waals surface area contributed by atoms with E-state index in [4.69, 9.17) is 11.6 Å². The zero-order valence-electron chi connectivity index (χ0n) is 9.84. The molecule has 1 fully saturated rings. The zero-order chi connectivity index (χ0) is 13.3. The molecule has 1 aliphatic rings. The highest BCUT2D eigenvalue weighted by Gasteiger charge is 2.33. The number of carbonyl (C=O) groups is 1. The van der Waals surface area contributed by atoms with Gasteiger partial charge >= 0.3 is 0 Å². The van der Waals surface area contributed by atoms with Crippen molar-refractivity contribution in [2.45, 2.75) is 12.5 Å². The van der Waals surface area contributed by atoms with Crippen molar-refractivity contribution in [2.75, 3.05) is 18.6 Å². The number of carbonyl (C=O) groups excluding carboxylic acids is 1.